The first-order valence-electron chi connectivity index (χ1n) is 7.72. The van der Waals surface area contributed by atoms with E-state index in [9.17, 15) is 0 Å². The number of hydrogen-bond donors (Lipinski definition) is 1. The molecule has 0 aromatic heterocycles. The minimum atomic E-state index is 0.644. The summed E-state index contributed by atoms with van der Waals surface area (Å²) in [5.74, 6) is 3.34. The molecule has 0 bridgehead atoms. The predicted molar refractivity (Wildman–Crippen MR) is 74.6 cm³/mol. The fourth-order valence-electron chi connectivity index (χ4n) is 3.62. The molecule has 0 aliphatic heterocycles. The minimum Gasteiger partial charge on any atom is -0.309 e. The number of nitrogens with one attached hydrogen (secondary N) is 1. The van der Waals surface area contributed by atoms with E-state index in [1.807, 2.05) is 0 Å². The molecule has 2 aliphatic carbocycles. The van der Waals surface area contributed by atoms with Crippen molar-refractivity contribution in [2.24, 2.45) is 23.7 Å². The molecule has 0 atom stereocenters. The summed E-state index contributed by atoms with van der Waals surface area (Å²) in [4.78, 5) is 0. The summed E-state index contributed by atoms with van der Waals surface area (Å²) in [6, 6.07) is 0. The third-order valence-electron chi connectivity index (χ3n) is 5.15. The van der Waals surface area contributed by atoms with Crippen molar-refractivity contribution in [3.8, 4) is 0 Å². The second-order valence-electron chi connectivity index (χ2n) is 6.81. The van der Waals surface area contributed by atoms with E-state index in [-0.39, 0.29) is 0 Å². The lowest BCUT2D eigenvalue weighted by Crippen LogP contribution is -2.24. The summed E-state index contributed by atoms with van der Waals surface area (Å²) < 4.78 is 0. The van der Waals surface area contributed by atoms with Crippen molar-refractivity contribution in [2.75, 3.05) is 0 Å². The first-order valence-corrected chi connectivity index (χ1v) is 7.72. The Labute approximate surface area is 107 Å². The molecule has 1 N–H and O–H groups in total. The maximum Gasteiger partial charge on any atom is 0.0123 e. The summed E-state index contributed by atoms with van der Waals surface area (Å²) in [6.45, 7) is 4.74. The molecule has 0 aromatic rings. The van der Waals surface area contributed by atoms with Crippen LogP contribution in [0, 0.1) is 29.1 Å². The van der Waals surface area contributed by atoms with Gasteiger partial charge >= 0.3 is 0 Å². The minimum absolute atomic E-state index is 0.644. The van der Waals surface area contributed by atoms with Crippen LogP contribution in [-0.2, 0) is 0 Å². The van der Waals surface area contributed by atoms with Gasteiger partial charge in [-0.3, -0.25) is 0 Å². The normalized spacial score (nSPS) is 38.9. The molecule has 0 aromatic carbocycles. The molecule has 2 aliphatic rings. The largest absolute Gasteiger partial charge is 0.309 e. The molecule has 0 saturated heterocycles. The third kappa shape index (κ3) is 3.82. The van der Waals surface area contributed by atoms with E-state index in [0.717, 1.165) is 29.9 Å². The summed E-state index contributed by atoms with van der Waals surface area (Å²) in [6.07, 6.45) is 12.0. The van der Waals surface area contributed by atoms with Crippen molar-refractivity contribution in [3.63, 3.8) is 0 Å². The lowest BCUT2D eigenvalue weighted by Gasteiger charge is -2.30. The highest BCUT2D eigenvalue weighted by molar-refractivity contribution is 5.84. The standard InChI is InChI=1S/C16H29N/c1-12-3-7-14(8-4-12)11-16(17)15-9-5-13(2)6-10-15/h12-15,17H,3-11H2,1-2H3. The molecule has 2 rings (SSSR count). The molecule has 0 spiro atoms. The van der Waals surface area contributed by atoms with Crippen LogP contribution in [0.1, 0.15) is 71.6 Å². The van der Waals surface area contributed by atoms with Crippen molar-refractivity contribution in [1.29, 1.82) is 5.41 Å². The first-order chi connectivity index (χ1) is 8.15. The van der Waals surface area contributed by atoms with Gasteiger partial charge in [0.05, 0.1) is 0 Å². The van der Waals surface area contributed by atoms with E-state index in [0.29, 0.717) is 5.92 Å². The Morgan fingerprint density at radius 1 is 0.824 bits per heavy atom. The zero-order valence-corrected chi connectivity index (χ0v) is 11.7. The van der Waals surface area contributed by atoms with E-state index in [4.69, 9.17) is 5.41 Å². The molecule has 1 nitrogen and oxygen atoms in total. The van der Waals surface area contributed by atoms with Gasteiger partial charge < -0.3 is 5.41 Å². The van der Waals surface area contributed by atoms with E-state index >= 15 is 0 Å². The zero-order valence-electron chi connectivity index (χ0n) is 11.7. The second-order valence-corrected chi connectivity index (χ2v) is 6.81. The van der Waals surface area contributed by atoms with Gasteiger partial charge in [0.15, 0.2) is 0 Å². The molecule has 98 valence electrons. The van der Waals surface area contributed by atoms with Crippen LogP contribution in [0.4, 0.5) is 0 Å². The van der Waals surface area contributed by atoms with Crippen LogP contribution in [0.2, 0.25) is 0 Å². The van der Waals surface area contributed by atoms with Crippen molar-refractivity contribution in [3.05, 3.63) is 0 Å². The number of hydrogen-bond acceptors (Lipinski definition) is 1. The van der Waals surface area contributed by atoms with Gasteiger partial charge in [0.25, 0.3) is 0 Å². The van der Waals surface area contributed by atoms with Crippen LogP contribution in [-0.4, -0.2) is 5.71 Å². The van der Waals surface area contributed by atoms with Gasteiger partial charge in [0, 0.05) is 5.71 Å². The van der Waals surface area contributed by atoms with Crippen LogP contribution >= 0.6 is 0 Å². The topological polar surface area (TPSA) is 23.9 Å². The Hall–Kier alpha value is -0.330. The van der Waals surface area contributed by atoms with Crippen molar-refractivity contribution >= 4 is 5.71 Å². The van der Waals surface area contributed by atoms with Gasteiger partial charge in [0.1, 0.15) is 0 Å². The van der Waals surface area contributed by atoms with Crippen LogP contribution in [0.5, 0.6) is 0 Å². The van der Waals surface area contributed by atoms with Crippen molar-refractivity contribution < 1.29 is 0 Å². The van der Waals surface area contributed by atoms with Crippen LogP contribution in [0.3, 0.4) is 0 Å². The van der Waals surface area contributed by atoms with Gasteiger partial charge in [-0.25, -0.2) is 0 Å². The zero-order chi connectivity index (χ0) is 12.3. The average molecular weight is 235 g/mol. The summed E-state index contributed by atoms with van der Waals surface area (Å²) in [5.41, 5.74) is 1.09. The highest BCUT2D eigenvalue weighted by atomic mass is 14.5. The monoisotopic (exact) mass is 235 g/mol. The fraction of sp³-hybridized carbons (Fsp3) is 0.938. The van der Waals surface area contributed by atoms with Gasteiger partial charge in [-0.2, -0.15) is 0 Å². The molecular weight excluding hydrogens is 206 g/mol. The summed E-state index contributed by atoms with van der Waals surface area (Å²) >= 11 is 0. The lowest BCUT2D eigenvalue weighted by molar-refractivity contribution is 0.288. The average Bonchev–Trinajstić information content (AvgIpc) is 2.33. The Balaban J connectivity index is 1.73. The molecule has 2 fully saturated rings. The van der Waals surface area contributed by atoms with Crippen molar-refractivity contribution in [1.82, 2.24) is 0 Å². The smallest absolute Gasteiger partial charge is 0.0123 e. The Morgan fingerprint density at radius 3 is 1.82 bits per heavy atom. The van der Waals surface area contributed by atoms with Crippen LogP contribution in [0.25, 0.3) is 0 Å². The molecule has 0 amide bonds. The molecule has 2 saturated carbocycles. The molecular formula is C16H29N. The van der Waals surface area contributed by atoms with Gasteiger partial charge in [-0.1, -0.05) is 39.5 Å². The number of rotatable bonds is 3. The summed E-state index contributed by atoms with van der Waals surface area (Å²) in [7, 11) is 0. The first kappa shape index (κ1) is 13.1. The lowest BCUT2D eigenvalue weighted by atomic mass is 9.75. The van der Waals surface area contributed by atoms with E-state index in [2.05, 4.69) is 13.8 Å². The Bertz CT molecular complexity index is 242. The second kappa shape index (κ2) is 6.02. The summed E-state index contributed by atoms with van der Waals surface area (Å²) in [5, 5.41) is 8.34. The fourth-order valence-corrected chi connectivity index (χ4v) is 3.62. The van der Waals surface area contributed by atoms with Crippen molar-refractivity contribution in [2.45, 2.75) is 71.6 Å². The predicted octanol–water partition coefficient (Wildman–Crippen LogP) is 5.05. The van der Waals surface area contributed by atoms with Gasteiger partial charge in [0.2, 0.25) is 0 Å². The highest BCUT2D eigenvalue weighted by Crippen LogP contribution is 2.34. The molecule has 0 unspecified atom stereocenters. The maximum absolute atomic E-state index is 8.34. The SMILES string of the molecule is CC1CCC(CC(=N)C2CCC(C)CC2)CC1. The third-order valence-corrected chi connectivity index (χ3v) is 5.15. The molecule has 0 radical (unpaired) electrons. The van der Waals surface area contributed by atoms with E-state index in [1.54, 1.807) is 0 Å². The Kier molecular flexibility index (Phi) is 4.64. The Morgan fingerprint density at radius 2 is 1.29 bits per heavy atom. The van der Waals surface area contributed by atoms with Crippen LogP contribution in [0.15, 0.2) is 0 Å². The quantitative estimate of drug-likeness (QED) is 0.662. The van der Waals surface area contributed by atoms with Gasteiger partial charge in [-0.05, 0) is 55.8 Å². The maximum atomic E-state index is 8.34. The molecule has 0 heterocycles. The van der Waals surface area contributed by atoms with E-state index in [1.165, 1.54) is 51.4 Å². The van der Waals surface area contributed by atoms with Gasteiger partial charge in [-0.15, -0.1) is 0 Å². The molecule has 1 heteroatoms. The highest BCUT2D eigenvalue weighted by Gasteiger charge is 2.25. The molecule has 17 heavy (non-hydrogen) atoms. The van der Waals surface area contributed by atoms with E-state index < -0.39 is 0 Å². The van der Waals surface area contributed by atoms with Crippen LogP contribution < -0.4 is 0 Å².